The predicted molar refractivity (Wildman–Crippen MR) is 131 cm³/mol. The second kappa shape index (κ2) is 11.5. The van der Waals surface area contributed by atoms with Crippen LogP contribution in [0.5, 0.6) is 0 Å². The molecule has 9 nitrogen and oxygen atoms in total. The van der Waals surface area contributed by atoms with E-state index in [2.05, 4.69) is 10.1 Å². The second-order valence-corrected chi connectivity index (χ2v) is 8.81. The quantitative estimate of drug-likeness (QED) is 0.265. The first kappa shape index (κ1) is 26.1. The summed E-state index contributed by atoms with van der Waals surface area (Å²) in [6, 6.07) is 0. The van der Waals surface area contributed by atoms with Crippen LogP contribution in [0.3, 0.4) is 0 Å². The Hall–Kier alpha value is -0.910. The molecule has 29 heavy (non-hydrogen) atoms. The van der Waals surface area contributed by atoms with Crippen LogP contribution in [0.2, 0.25) is 0 Å². The highest BCUT2D eigenvalue weighted by Gasteiger charge is 2.30. The van der Waals surface area contributed by atoms with E-state index < -0.39 is 18.4 Å². The number of esters is 1. The molecule has 0 aliphatic carbocycles. The average Bonchev–Trinajstić information content (AvgIpc) is 2.58. The number of nitrogens with one attached hydrogen (secondary N) is 1. The number of carbonyl (C=O) groups excluding carboxylic acids is 4. The number of hydrogen-bond acceptors (Lipinski definition) is 7. The number of nitrogens with zero attached hydrogens (tertiary/aromatic N) is 1. The summed E-state index contributed by atoms with van der Waals surface area (Å²) < 4.78 is 16.2. The fourth-order valence-corrected chi connectivity index (χ4v) is 6.69. The molecule has 0 spiro atoms. The van der Waals surface area contributed by atoms with E-state index in [4.69, 9.17) is 9.47 Å². The van der Waals surface area contributed by atoms with Crippen LogP contribution in [-0.4, -0.2) is 43.9 Å². The zero-order valence-electron chi connectivity index (χ0n) is 16.2. The van der Waals surface area contributed by atoms with Gasteiger partial charge < -0.3 is 24.4 Å². The van der Waals surface area contributed by atoms with Gasteiger partial charge in [-0.1, -0.05) is 0 Å². The zero-order valence-corrected chi connectivity index (χ0v) is 22.7. The van der Waals surface area contributed by atoms with E-state index >= 15 is 0 Å². The van der Waals surface area contributed by atoms with Crippen LogP contribution >= 0.6 is 67.8 Å². The minimum Gasteiger partial charge on any atom is -0.435 e. The van der Waals surface area contributed by atoms with Crippen LogP contribution in [0.4, 0.5) is 16.2 Å². The molecule has 1 aromatic rings. The van der Waals surface area contributed by atoms with Gasteiger partial charge >= 0.3 is 12.1 Å². The Morgan fingerprint density at radius 1 is 1.03 bits per heavy atom. The van der Waals surface area contributed by atoms with Gasteiger partial charge in [0.15, 0.2) is 0 Å². The highest BCUT2D eigenvalue weighted by molar-refractivity contribution is 14.1. The van der Waals surface area contributed by atoms with E-state index in [-0.39, 0.29) is 24.0 Å². The van der Waals surface area contributed by atoms with Gasteiger partial charge in [0.25, 0.3) is 0 Å². The maximum Gasteiger partial charge on any atom is 0.511 e. The predicted octanol–water partition coefficient (Wildman–Crippen LogP) is 4.12. The standard InChI is InChI=1S/C17H19I3N2O7/c1-6-27-17(26)29-9(4)28-16(25)10-11(18)14(21-7(2)23)13(20)15(12(10)19)22(5)8(3)24/h9H,6H2,1-5H3,(H,21,23). The summed E-state index contributed by atoms with van der Waals surface area (Å²) >= 11 is 5.87. The SMILES string of the molecule is CCOC(=O)OC(C)OC(=O)c1c(I)c(NC(C)=O)c(I)c(N(C)C(C)=O)c1I. The third-order valence-corrected chi connectivity index (χ3v) is 6.58. The monoisotopic (exact) mass is 744 g/mol. The smallest absolute Gasteiger partial charge is 0.435 e. The van der Waals surface area contributed by atoms with Crippen LogP contribution in [0.1, 0.15) is 38.1 Å². The molecule has 12 heteroatoms. The summed E-state index contributed by atoms with van der Waals surface area (Å²) in [7, 11) is 1.56. The van der Waals surface area contributed by atoms with E-state index in [1.54, 1.807) is 14.0 Å². The number of rotatable bonds is 6. The maximum absolute atomic E-state index is 12.8. The minimum absolute atomic E-state index is 0.118. The van der Waals surface area contributed by atoms with E-state index in [9.17, 15) is 19.2 Å². The number of carbonyl (C=O) groups is 4. The summed E-state index contributed by atoms with van der Waals surface area (Å²) in [5, 5.41) is 2.69. The summed E-state index contributed by atoms with van der Waals surface area (Å²) in [4.78, 5) is 49.3. The van der Waals surface area contributed by atoms with E-state index in [1.807, 2.05) is 67.8 Å². The molecule has 0 saturated heterocycles. The molecule has 2 amide bonds. The van der Waals surface area contributed by atoms with Crippen LogP contribution < -0.4 is 10.2 Å². The molecule has 160 valence electrons. The normalized spacial score (nSPS) is 11.3. The van der Waals surface area contributed by atoms with E-state index in [0.29, 0.717) is 22.1 Å². The van der Waals surface area contributed by atoms with Crippen molar-refractivity contribution in [2.75, 3.05) is 23.9 Å². The second-order valence-electron chi connectivity index (χ2n) is 5.57. The van der Waals surface area contributed by atoms with Gasteiger partial charge in [-0.2, -0.15) is 0 Å². The first-order valence-electron chi connectivity index (χ1n) is 8.18. The Labute approximate surface area is 209 Å². The van der Waals surface area contributed by atoms with Crippen molar-refractivity contribution in [2.45, 2.75) is 34.0 Å². The van der Waals surface area contributed by atoms with Crippen molar-refractivity contribution in [2.24, 2.45) is 0 Å². The lowest BCUT2D eigenvalue weighted by molar-refractivity contribution is -0.116. The Kier molecular flexibility index (Phi) is 10.3. The minimum atomic E-state index is -1.20. The van der Waals surface area contributed by atoms with Crippen molar-refractivity contribution in [1.29, 1.82) is 0 Å². The van der Waals surface area contributed by atoms with Gasteiger partial charge in [-0.3, -0.25) is 9.59 Å². The van der Waals surface area contributed by atoms with Gasteiger partial charge in [-0.15, -0.1) is 0 Å². The van der Waals surface area contributed by atoms with Crippen LogP contribution in [0.25, 0.3) is 0 Å². The van der Waals surface area contributed by atoms with E-state index in [0.717, 1.165) is 0 Å². The van der Waals surface area contributed by atoms with Gasteiger partial charge in [-0.05, 0) is 74.7 Å². The van der Waals surface area contributed by atoms with Gasteiger partial charge in [0.1, 0.15) is 0 Å². The van der Waals surface area contributed by atoms with Gasteiger partial charge in [0.2, 0.25) is 18.1 Å². The Morgan fingerprint density at radius 3 is 2.10 bits per heavy atom. The molecule has 1 atom stereocenters. The van der Waals surface area contributed by atoms with Crippen LogP contribution in [0, 0.1) is 10.7 Å². The lowest BCUT2D eigenvalue weighted by atomic mass is 10.1. The molecule has 0 aliphatic heterocycles. The summed E-state index contributed by atoms with van der Waals surface area (Å²) in [5.74, 6) is -1.37. The molecule has 1 N–H and O–H groups in total. The summed E-state index contributed by atoms with van der Waals surface area (Å²) in [5.41, 5.74) is 0.972. The van der Waals surface area contributed by atoms with E-state index in [1.165, 1.54) is 25.7 Å². The van der Waals surface area contributed by atoms with Crippen LogP contribution in [0.15, 0.2) is 0 Å². The Morgan fingerprint density at radius 2 is 1.62 bits per heavy atom. The molecule has 1 aromatic carbocycles. The average molecular weight is 744 g/mol. The fourth-order valence-electron chi connectivity index (χ4n) is 2.09. The topological polar surface area (TPSA) is 111 Å². The molecule has 0 bridgehead atoms. The highest BCUT2D eigenvalue weighted by atomic mass is 127. The number of halogens is 3. The van der Waals surface area contributed by atoms with Gasteiger partial charge in [0.05, 0.1) is 34.3 Å². The van der Waals surface area contributed by atoms with Crippen LogP contribution in [-0.2, 0) is 23.8 Å². The number of amides is 2. The van der Waals surface area contributed by atoms with Gasteiger partial charge in [-0.25, -0.2) is 9.59 Å². The molecule has 1 rings (SSSR count). The zero-order chi connectivity index (χ0) is 22.5. The summed E-state index contributed by atoms with van der Waals surface area (Å²) in [6.45, 7) is 5.83. The number of hydrogen-bond donors (Lipinski definition) is 1. The Bertz CT molecular complexity index is 845. The van der Waals surface area contributed by atoms with Crippen molar-refractivity contribution < 1.29 is 33.4 Å². The van der Waals surface area contributed by atoms with Gasteiger partial charge in [0, 0.05) is 27.8 Å². The molecular formula is C17H19I3N2O7. The fraction of sp³-hybridized carbons (Fsp3) is 0.412. The number of benzene rings is 1. The number of anilines is 2. The van der Waals surface area contributed by atoms with Crippen molar-refractivity contribution >= 4 is 103 Å². The molecule has 1 unspecified atom stereocenters. The molecular weight excluding hydrogens is 725 g/mol. The van der Waals surface area contributed by atoms with Crippen molar-refractivity contribution in [3.05, 3.63) is 16.3 Å². The third kappa shape index (κ3) is 6.80. The maximum atomic E-state index is 12.8. The van der Waals surface area contributed by atoms with Crippen molar-refractivity contribution in [3.63, 3.8) is 0 Å². The number of ether oxygens (including phenoxy) is 3. The highest BCUT2D eigenvalue weighted by Crippen LogP contribution is 2.40. The first-order chi connectivity index (χ1) is 13.4. The molecule has 0 aliphatic rings. The van der Waals surface area contributed by atoms with Crippen molar-refractivity contribution in [3.8, 4) is 0 Å². The van der Waals surface area contributed by atoms with Crippen molar-refractivity contribution in [1.82, 2.24) is 0 Å². The molecule has 0 fully saturated rings. The molecule has 0 heterocycles. The largest absolute Gasteiger partial charge is 0.511 e. The lowest BCUT2D eigenvalue weighted by Gasteiger charge is -2.24. The Balaban J connectivity index is 3.46. The molecule has 0 aromatic heterocycles. The third-order valence-electron chi connectivity index (χ3n) is 3.40. The first-order valence-corrected chi connectivity index (χ1v) is 11.4. The lowest BCUT2D eigenvalue weighted by Crippen LogP contribution is -2.28. The summed E-state index contributed by atoms with van der Waals surface area (Å²) in [6.07, 6.45) is -2.17. The molecule has 0 radical (unpaired) electrons. The molecule has 0 saturated carbocycles.